The van der Waals surface area contributed by atoms with E-state index in [0.29, 0.717) is 12.5 Å². The molecular formula is C18H27N3O2. The molecule has 2 rings (SSSR count). The number of nitrogens with zero attached hydrogens (tertiary/aromatic N) is 2. The lowest BCUT2D eigenvalue weighted by atomic mass is 9.93. The van der Waals surface area contributed by atoms with Crippen LogP contribution in [0.1, 0.15) is 37.8 Å². The van der Waals surface area contributed by atoms with Crippen LogP contribution in [0.3, 0.4) is 0 Å². The van der Waals surface area contributed by atoms with Gasteiger partial charge in [-0.15, -0.1) is 0 Å². The minimum atomic E-state index is -0.942. The number of aliphatic hydroxyl groups is 1. The summed E-state index contributed by atoms with van der Waals surface area (Å²) in [5.41, 5.74) is 1.12. The molecule has 1 aromatic carbocycles. The molecule has 0 aliphatic rings. The second kappa shape index (κ2) is 7.15. The van der Waals surface area contributed by atoms with Crippen molar-refractivity contribution in [2.24, 2.45) is 7.05 Å². The number of hydrogen-bond donors (Lipinski definition) is 2. The monoisotopic (exact) mass is 317 g/mol. The van der Waals surface area contributed by atoms with Crippen molar-refractivity contribution in [1.82, 2.24) is 15.1 Å². The highest BCUT2D eigenvalue weighted by Crippen LogP contribution is 2.23. The maximum Gasteiger partial charge on any atom is 0.118 e. The van der Waals surface area contributed by atoms with E-state index in [1.165, 1.54) is 5.56 Å². The summed E-state index contributed by atoms with van der Waals surface area (Å²) < 4.78 is 6.90. The van der Waals surface area contributed by atoms with Crippen LogP contribution >= 0.6 is 0 Å². The third kappa shape index (κ3) is 4.33. The van der Waals surface area contributed by atoms with Crippen LogP contribution in [0.15, 0.2) is 36.7 Å². The van der Waals surface area contributed by atoms with E-state index in [2.05, 4.69) is 36.4 Å². The lowest BCUT2D eigenvalue weighted by molar-refractivity contribution is 0.0535. The van der Waals surface area contributed by atoms with Crippen molar-refractivity contribution >= 4 is 0 Å². The number of hydrogen-bond acceptors (Lipinski definition) is 4. The first-order valence-corrected chi connectivity index (χ1v) is 7.92. The third-order valence-electron chi connectivity index (χ3n) is 4.49. The Morgan fingerprint density at radius 1 is 1.30 bits per heavy atom. The van der Waals surface area contributed by atoms with Crippen LogP contribution < -0.4 is 10.1 Å². The maximum absolute atomic E-state index is 10.6. The molecule has 0 unspecified atom stereocenters. The fraction of sp³-hybridized carbons (Fsp3) is 0.500. The summed E-state index contributed by atoms with van der Waals surface area (Å²) in [6, 6.07) is 8.35. The molecule has 3 atom stereocenters. The summed E-state index contributed by atoms with van der Waals surface area (Å²) in [6.07, 6.45) is 3.55. The van der Waals surface area contributed by atoms with Crippen LogP contribution in [-0.4, -0.2) is 34.6 Å². The van der Waals surface area contributed by atoms with E-state index < -0.39 is 5.60 Å². The second-order valence-corrected chi connectivity index (χ2v) is 6.41. The quantitative estimate of drug-likeness (QED) is 0.823. The molecule has 5 nitrogen and oxygen atoms in total. The Balaban J connectivity index is 1.96. The molecule has 2 aromatic rings. The number of nitrogens with one attached hydrogen (secondary N) is 1. The molecule has 5 heteroatoms. The van der Waals surface area contributed by atoms with Crippen LogP contribution in [0.4, 0.5) is 0 Å². The van der Waals surface area contributed by atoms with Crippen LogP contribution in [0, 0.1) is 0 Å². The van der Waals surface area contributed by atoms with Gasteiger partial charge in [-0.25, -0.2) is 0 Å². The molecule has 0 bridgehead atoms. The van der Waals surface area contributed by atoms with E-state index in [4.69, 9.17) is 4.74 Å². The maximum atomic E-state index is 10.6. The van der Waals surface area contributed by atoms with Crippen LogP contribution in [0.5, 0.6) is 5.75 Å². The molecule has 0 spiro atoms. The van der Waals surface area contributed by atoms with E-state index in [1.54, 1.807) is 18.0 Å². The summed E-state index contributed by atoms with van der Waals surface area (Å²) in [6.45, 7) is 6.59. The first-order chi connectivity index (χ1) is 10.8. The van der Waals surface area contributed by atoms with Crippen LogP contribution in [0.2, 0.25) is 0 Å². The first-order valence-electron chi connectivity index (χ1n) is 7.92. The summed E-state index contributed by atoms with van der Waals surface area (Å²) in [5.74, 6) is 1.19. The zero-order valence-corrected chi connectivity index (χ0v) is 14.6. The lowest BCUT2D eigenvalue weighted by Gasteiger charge is -2.28. The fourth-order valence-electron chi connectivity index (χ4n) is 2.53. The van der Waals surface area contributed by atoms with Crippen molar-refractivity contribution in [2.45, 2.75) is 38.3 Å². The van der Waals surface area contributed by atoms with Gasteiger partial charge in [-0.1, -0.05) is 19.1 Å². The van der Waals surface area contributed by atoms with Crippen molar-refractivity contribution in [3.8, 4) is 5.75 Å². The molecule has 1 heterocycles. The Bertz CT molecular complexity index is 619. The zero-order chi connectivity index (χ0) is 17.0. The highest BCUT2D eigenvalue weighted by molar-refractivity contribution is 5.29. The van der Waals surface area contributed by atoms with Crippen molar-refractivity contribution in [3.05, 3.63) is 47.8 Å². The molecule has 2 N–H and O–H groups in total. The minimum absolute atomic E-state index is 0.228. The van der Waals surface area contributed by atoms with Crippen LogP contribution in [0.25, 0.3) is 0 Å². The minimum Gasteiger partial charge on any atom is -0.497 e. The predicted molar refractivity (Wildman–Crippen MR) is 91.7 cm³/mol. The Labute approximate surface area is 138 Å². The molecule has 0 fully saturated rings. The number of aryl methyl sites for hydroxylation is 1. The van der Waals surface area contributed by atoms with Gasteiger partial charge in [-0.05, 0) is 37.5 Å². The fourth-order valence-corrected chi connectivity index (χ4v) is 2.53. The van der Waals surface area contributed by atoms with Gasteiger partial charge < -0.3 is 15.2 Å². The van der Waals surface area contributed by atoms with Gasteiger partial charge in [0.2, 0.25) is 0 Å². The summed E-state index contributed by atoms with van der Waals surface area (Å²) in [4.78, 5) is 0. The summed E-state index contributed by atoms with van der Waals surface area (Å²) >= 11 is 0. The topological polar surface area (TPSA) is 59.3 Å². The number of methoxy groups -OCH3 is 1. The van der Waals surface area contributed by atoms with E-state index in [1.807, 2.05) is 32.3 Å². The molecule has 1 aromatic heterocycles. The largest absolute Gasteiger partial charge is 0.497 e. The Kier molecular flexibility index (Phi) is 5.44. The van der Waals surface area contributed by atoms with Gasteiger partial charge in [-0.2, -0.15) is 5.10 Å². The number of aromatic nitrogens is 2. The molecule has 126 valence electrons. The van der Waals surface area contributed by atoms with Gasteiger partial charge >= 0.3 is 0 Å². The standard InChI is InChI=1S/C18H27N3O2/c1-13(15-6-8-17(23-5)9-7-15)14(2)19-12-18(3,22)16-10-20-21(4)11-16/h6-11,13-14,19,22H,12H2,1-5H3/t13-,14-,18-/m1/s1. The smallest absolute Gasteiger partial charge is 0.118 e. The van der Waals surface area contributed by atoms with Crippen LogP contribution in [-0.2, 0) is 12.6 Å². The average molecular weight is 317 g/mol. The summed E-state index contributed by atoms with van der Waals surface area (Å²) in [5, 5.41) is 18.2. The summed E-state index contributed by atoms with van der Waals surface area (Å²) in [7, 11) is 3.52. The third-order valence-corrected chi connectivity index (χ3v) is 4.49. The van der Waals surface area contributed by atoms with E-state index in [-0.39, 0.29) is 6.04 Å². The molecule has 0 saturated heterocycles. The van der Waals surface area contributed by atoms with Crippen molar-refractivity contribution in [2.75, 3.05) is 13.7 Å². The normalized spacial score (nSPS) is 16.6. The van der Waals surface area contributed by atoms with E-state index >= 15 is 0 Å². The molecule has 0 aliphatic carbocycles. The van der Waals surface area contributed by atoms with E-state index in [9.17, 15) is 5.11 Å². The highest BCUT2D eigenvalue weighted by atomic mass is 16.5. The van der Waals surface area contributed by atoms with Gasteiger partial charge in [0.1, 0.15) is 11.4 Å². The Morgan fingerprint density at radius 3 is 2.48 bits per heavy atom. The van der Waals surface area contributed by atoms with Gasteiger partial charge in [0.25, 0.3) is 0 Å². The molecule has 0 aliphatic heterocycles. The second-order valence-electron chi connectivity index (χ2n) is 6.41. The molecule has 0 saturated carbocycles. The van der Waals surface area contributed by atoms with Gasteiger partial charge in [0.15, 0.2) is 0 Å². The van der Waals surface area contributed by atoms with Crippen molar-refractivity contribution in [1.29, 1.82) is 0 Å². The van der Waals surface area contributed by atoms with Crippen molar-refractivity contribution < 1.29 is 9.84 Å². The predicted octanol–water partition coefficient (Wildman–Crippen LogP) is 2.42. The van der Waals surface area contributed by atoms with Gasteiger partial charge in [0, 0.05) is 31.4 Å². The number of benzene rings is 1. The average Bonchev–Trinajstić information content (AvgIpc) is 2.99. The number of ether oxygens (including phenoxy) is 1. The molecule has 23 heavy (non-hydrogen) atoms. The van der Waals surface area contributed by atoms with E-state index in [0.717, 1.165) is 11.3 Å². The SMILES string of the molecule is COc1ccc([C@H](C)[C@@H](C)NC[C@@](C)(O)c2cnn(C)c2)cc1. The molecule has 0 amide bonds. The van der Waals surface area contributed by atoms with Gasteiger partial charge in [0.05, 0.1) is 13.3 Å². The van der Waals surface area contributed by atoms with Gasteiger partial charge in [-0.3, -0.25) is 4.68 Å². The Hall–Kier alpha value is -1.85. The first kappa shape index (κ1) is 17.5. The molecular weight excluding hydrogens is 290 g/mol. The molecule has 0 radical (unpaired) electrons. The lowest BCUT2D eigenvalue weighted by Crippen LogP contribution is -2.41. The Morgan fingerprint density at radius 2 is 1.96 bits per heavy atom. The highest BCUT2D eigenvalue weighted by Gasteiger charge is 2.26. The van der Waals surface area contributed by atoms with Crippen molar-refractivity contribution in [3.63, 3.8) is 0 Å². The zero-order valence-electron chi connectivity index (χ0n) is 14.6. The number of rotatable bonds is 7.